The largest absolute Gasteiger partial charge is 0.504 e. The minimum atomic E-state index is -3.12. The summed E-state index contributed by atoms with van der Waals surface area (Å²) < 4.78 is 14.1. The Balaban J connectivity index is 5.20. The molecular weight excluding hydrogens is 397 g/mol. The maximum absolute atomic E-state index is 6.20. The number of alkyl halides is 5. The van der Waals surface area contributed by atoms with E-state index in [0.29, 0.717) is 19.8 Å². The van der Waals surface area contributed by atoms with Gasteiger partial charge in [-0.05, 0) is 19.3 Å². The van der Waals surface area contributed by atoms with Crippen molar-refractivity contribution in [1.82, 2.24) is 0 Å². The molecule has 0 rings (SSSR count). The second-order valence-electron chi connectivity index (χ2n) is 4.61. The van der Waals surface area contributed by atoms with Crippen molar-refractivity contribution >= 4 is 66.8 Å². The van der Waals surface area contributed by atoms with Crippen molar-refractivity contribution in [3.63, 3.8) is 0 Å². The SMILES string of the molecule is CCCO[Si](CC(Cl)(Cl)C(Cl)(Cl)Cl)(OCCC)OCCC. The molecule has 0 atom stereocenters. The van der Waals surface area contributed by atoms with Crippen LogP contribution in [0.25, 0.3) is 0 Å². The fourth-order valence-electron chi connectivity index (χ4n) is 1.42. The Morgan fingerprint density at radius 2 is 1.05 bits per heavy atom. The fraction of sp³-hybridized carbons (Fsp3) is 1.00. The Bertz CT molecular complexity index is 265. The lowest BCUT2D eigenvalue weighted by Crippen LogP contribution is -2.52. The highest BCUT2D eigenvalue weighted by molar-refractivity contribution is 6.77. The first-order valence-electron chi connectivity index (χ1n) is 7.00. The molecule has 0 saturated carbocycles. The maximum atomic E-state index is 6.20. The third-order valence-electron chi connectivity index (χ3n) is 2.43. The van der Waals surface area contributed by atoms with Gasteiger partial charge in [0.05, 0.1) is 6.04 Å². The van der Waals surface area contributed by atoms with Crippen molar-refractivity contribution in [2.24, 2.45) is 0 Å². The van der Waals surface area contributed by atoms with Crippen LogP contribution in [-0.4, -0.2) is 36.8 Å². The highest BCUT2D eigenvalue weighted by Crippen LogP contribution is 2.50. The van der Waals surface area contributed by atoms with Crippen LogP contribution in [0.5, 0.6) is 0 Å². The monoisotopic (exact) mass is 418 g/mol. The molecule has 0 fully saturated rings. The molecular formula is C12H23Cl5O3Si. The minimum absolute atomic E-state index is 0.0135. The molecule has 0 amide bonds. The van der Waals surface area contributed by atoms with Crippen molar-refractivity contribution in [1.29, 1.82) is 0 Å². The van der Waals surface area contributed by atoms with E-state index in [-0.39, 0.29) is 6.04 Å². The molecule has 0 heterocycles. The van der Waals surface area contributed by atoms with E-state index in [9.17, 15) is 0 Å². The van der Waals surface area contributed by atoms with Crippen LogP contribution in [0, 0.1) is 0 Å². The molecule has 21 heavy (non-hydrogen) atoms. The van der Waals surface area contributed by atoms with Gasteiger partial charge >= 0.3 is 8.80 Å². The Hall–Kier alpha value is 1.55. The van der Waals surface area contributed by atoms with E-state index in [4.69, 9.17) is 71.3 Å². The first-order valence-corrected chi connectivity index (χ1v) is 10.8. The summed E-state index contributed by atoms with van der Waals surface area (Å²) in [5.74, 6) is 0. The van der Waals surface area contributed by atoms with Crippen LogP contribution >= 0.6 is 58.0 Å². The summed E-state index contributed by atoms with van der Waals surface area (Å²) in [5.41, 5.74) is 0. The molecule has 0 N–H and O–H groups in total. The zero-order valence-electron chi connectivity index (χ0n) is 12.6. The zero-order chi connectivity index (χ0) is 16.6. The van der Waals surface area contributed by atoms with E-state index in [2.05, 4.69) is 0 Å². The highest BCUT2D eigenvalue weighted by Gasteiger charge is 2.56. The second-order valence-corrected chi connectivity index (χ2v) is 11.0. The molecule has 0 bridgehead atoms. The normalized spacial score (nSPS) is 13.7. The van der Waals surface area contributed by atoms with Crippen LogP contribution in [0.15, 0.2) is 0 Å². The minimum Gasteiger partial charge on any atom is -0.373 e. The number of hydrogen-bond acceptors (Lipinski definition) is 3. The summed E-state index contributed by atoms with van der Waals surface area (Å²) in [7, 11) is -3.12. The van der Waals surface area contributed by atoms with Crippen molar-refractivity contribution in [3.05, 3.63) is 0 Å². The number of rotatable bonds is 11. The first-order chi connectivity index (χ1) is 9.64. The van der Waals surface area contributed by atoms with E-state index in [1.165, 1.54) is 0 Å². The molecule has 0 aliphatic heterocycles. The molecule has 0 radical (unpaired) electrons. The van der Waals surface area contributed by atoms with Gasteiger partial charge in [-0.3, -0.25) is 0 Å². The summed E-state index contributed by atoms with van der Waals surface area (Å²) in [6, 6.07) is 0.0135. The lowest BCUT2D eigenvalue weighted by Gasteiger charge is -2.36. The lowest BCUT2D eigenvalue weighted by atomic mass is 10.5. The molecule has 0 aliphatic rings. The van der Waals surface area contributed by atoms with E-state index in [1.54, 1.807) is 0 Å². The molecule has 0 aromatic rings. The van der Waals surface area contributed by atoms with Gasteiger partial charge in [-0.2, -0.15) is 0 Å². The van der Waals surface area contributed by atoms with Gasteiger partial charge in [-0.25, -0.2) is 0 Å². The lowest BCUT2D eigenvalue weighted by molar-refractivity contribution is 0.0583. The third-order valence-corrected chi connectivity index (χ3v) is 8.16. The van der Waals surface area contributed by atoms with Gasteiger partial charge in [-0.15, -0.1) is 0 Å². The summed E-state index contributed by atoms with van der Waals surface area (Å²) in [6.07, 6.45) is 2.43. The zero-order valence-corrected chi connectivity index (χ0v) is 17.3. The average molecular weight is 421 g/mol. The summed E-state index contributed by atoms with van der Waals surface area (Å²) in [5, 5.41) is 0. The third kappa shape index (κ3) is 8.27. The van der Waals surface area contributed by atoms with Crippen molar-refractivity contribution in [3.8, 4) is 0 Å². The van der Waals surface area contributed by atoms with Crippen LogP contribution in [0.4, 0.5) is 0 Å². The summed E-state index contributed by atoms with van der Waals surface area (Å²) in [6.45, 7) is 7.39. The molecule has 0 unspecified atom stereocenters. The Kier molecular flexibility index (Phi) is 11.2. The molecule has 9 heteroatoms. The van der Waals surface area contributed by atoms with Gasteiger partial charge in [0.15, 0.2) is 4.33 Å². The van der Waals surface area contributed by atoms with Crippen molar-refractivity contribution in [2.75, 3.05) is 19.8 Å². The predicted molar refractivity (Wildman–Crippen MR) is 94.0 cm³/mol. The van der Waals surface area contributed by atoms with E-state index >= 15 is 0 Å². The molecule has 3 nitrogen and oxygen atoms in total. The average Bonchev–Trinajstić information content (AvgIpc) is 2.38. The number of halogens is 5. The van der Waals surface area contributed by atoms with Gasteiger partial charge in [0.2, 0.25) is 3.79 Å². The van der Waals surface area contributed by atoms with Gasteiger partial charge in [0, 0.05) is 19.8 Å². The van der Waals surface area contributed by atoms with Crippen LogP contribution in [-0.2, 0) is 13.3 Å². The van der Waals surface area contributed by atoms with Crippen LogP contribution in [0.1, 0.15) is 40.0 Å². The highest BCUT2D eigenvalue weighted by atomic mass is 35.6. The molecule has 0 spiro atoms. The molecule has 0 aromatic carbocycles. The molecule has 128 valence electrons. The molecule has 0 aromatic heterocycles. The van der Waals surface area contributed by atoms with E-state index in [1.807, 2.05) is 20.8 Å². The Morgan fingerprint density at radius 1 is 0.714 bits per heavy atom. The van der Waals surface area contributed by atoms with Gasteiger partial charge in [0.1, 0.15) is 0 Å². The Morgan fingerprint density at radius 3 is 1.29 bits per heavy atom. The molecule has 0 saturated heterocycles. The first kappa shape index (κ1) is 22.5. The Labute approximate surface area is 153 Å². The number of hydrogen-bond donors (Lipinski definition) is 0. The van der Waals surface area contributed by atoms with Gasteiger partial charge in [-0.1, -0.05) is 78.8 Å². The maximum Gasteiger partial charge on any atom is 0.504 e. The van der Waals surface area contributed by atoms with Crippen LogP contribution in [0.2, 0.25) is 6.04 Å². The molecule has 0 aliphatic carbocycles. The summed E-state index contributed by atoms with van der Waals surface area (Å²) >= 11 is 30.0. The van der Waals surface area contributed by atoms with Crippen LogP contribution < -0.4 is 0 Å². The van der Waals surface area contributed by atoms with Crippen molar-refractivity contribution in [2.45, 2.75) is 54.2 Å². The topological polar surface area (TPSA) is 27.7 Å². The predicted octanol–water partition coefficient (Wildman–Crippen LogP) is 5.75. The standard InChI is InChI=1S/C12H23Cl5O3Si/c1-4-7-18-21(19-8-5-2,20-9-6-3)10-11(13,14)12(15,16)17/h4-10H2,1-3H3. The van der Waals surface area contributed by atoms with Gasteiger partial charge in [0.25, 0.3) is 0 Å². The second kappa shape index (κ2) is 10.4. The smallest absolute Gasteiger partial charge is 0.373 e. The van der Waals surface area contributed by atoms with Crippen molar-refractivity contribution < 1.29 is 13.3 Å². The van der Waals surface area contributed by atoms with E-state index in [0.717, 1.165) is 19.3 Å². The van der Waals surface area contributed by atoms with Gasteiger partial charge < -0.3 is 13.3 Å². The quantitative estimate of drug-likeness (QED) is 0.315. The summed E-state index contributed by atoms with van der Waals surface area (Å²) in [4.78, 5) is 0. The van der Waals surface area contributed by atoms with E-state index < -0.39 is 16.9 Å². The van der Waals surface area contributed by atoms with Crippen LogP contribution in [0.3, 0.4) is 0 Å². The fourth-order valence-corrected chi connectivity index (χ4v) is 5.85.